The molecule has 4 rings (SSSR count). The first kappa shape index (κ1) is 22.2. The molecule has 0 amide bonds. The Kier molecular flexibility index (Phi) is 7.51. The number of aliphatic hydroxyl groups excluding tert-OH is 1. The van der Waals surface area contributed by atoms with Crippen LogP contribution in [0.15, 0.2) is 48.5 Å². The molecule has 1 atom stereocenters. The number of aliphatic hydroxyl groups is 1. The van der Waals surface area contributed by atoms with Gasteiger partial charge >= 0.3 is 0 Å². The van der Waals surface area contributed by atoms with E-state index in [-0.39, 0.29) is 5.78 Å². The average Bonchev–Trinajstić information content (AvgIpc) is 2.79. The molecule has 0 radical (unpaired) electrons. The van der Waals surface area contributed by atoms with Crippen LogP contribution in [0.4, 0.5) is 0 Å². The summed E-state index contributed by atoms with van der Waals surface area (Å²) >= 11 is 0. The number of β-amino-alcohol motifs (C(OH)–C–C–N with tert-alkyl or cyclic N) is 1. The zero-order valence-electron chi connectivity index (χ0n) is 18.7. The van der Waals surface area contributed by atoms with E-state index >= 15 is 0 Å². The maximum atomic E-state index is 12.7. The van der Waals surface area contributed by atoms with Crippen molar-refractivity contribution in [3.05, 3.63) is 70.8 Å². The van der Waals surface area contributed by atoms with Gasteiger partial charge in [-0.25, -0.2) is 0 Å². The first-order valence-electron chi connectivity index (χ1n) is 11.6. The van der Waals surface area contributed by atoms with Gasteiger partial charge in [0.05, 0.1) is 6.10 Å². The second-order valence-electron chi connectivity index (χ2n) is 9.15. The van der Waals surface area contributed by atoms with Crippen LogP contribution in [0.25, 0.3) is 0 Å². The van der Waals surface area contributed by atoms with Crippen molar-refractivity contribution in [1.82, 2.24) is 14.7 Å². The Hall–Kier alpha value is -2.05. The number of hydrogen-bond donors (Lipinski definition) is 1. The summed E-state index contributed by atoms with van der Waals surface area (Å²) in [4.78, 5) is 19.8. The minimum Gasteiger partial charge on any atom is -0.392 e. The van der Waals surface area contributed by atoms with Crippen molar-refractivity contribution in [2.45, 2.75) is 38.5 Å². The van der Waals surface area contributed by atoms with Crippen molar-refractivity contribution in [3.63, 3.8) is 0 Å². The summed E-state index contributed by atoms with van der Waals surface area (Å²) in [5.74, 6) is 0.128. The summed E-state index contributed by atoms with van der Waals surface area (Å²) in [5.41, 5.74) is 4.74. The maximum absolute atomic E-state index is 12.7. The van der Waals surface area contributed by atoms with Gasteiger partial charge in [-0.1, -0.05) is 42.5 Å². The van der Waals surface area contributed by atoms with Crippen LogP contribution in [0, 0.1) is 0 Å². The zero-order chi connectivity index (χ0) is 21.6. The van der Waals surface area contributed by atoms with Crippen molar-refractivity contribution in [3.8, 4) is 0 Å². The molecule has 0 aromatic heterocycles. The number of nitrogens with zero attached hydrogens (tertiary/aromatic N) is 3. The molecule has 0 spiro atoms. The smallest absolute Gasteiger partial charge is 0.162 e. The monoisotopic (exact) mass is 421 g/mol. The average molecular weight is 422 g/mol. The summed E-state index contributed by atoms with van der Waals surface area (Å²) in [6.07, 6.45) is 1.47. The van der Waals surface area contributed by atoms with E-state index in [1.54, 1.807) is 0 Å². The highest BCUT2D eigenvalue weighted by Crippen LogP contribution is 2.19. The number of carbonyl (C=O) groups is 1. The van der Waals surface area contributed by atoms with Gasteiger partial charge in [0.15, 0.2) is 5.78 Å². The van der Waals surface area contributed by atoms with E-state index in [2.05, 4.69) is 52.1 Å². The van der Waals surface area contributed by atoms with Gasteiger partial charge in [-0.05, 0) is 42.6 Å². The Bertz CT molecular complexity index is 876. The number of benzene rings is 2. The number of piperazine rings is 1. The molecule has 166 valence electrons. The molecule has 0 bridgehead atoms. The third-order valence-electron chi connectivity index (χ3n) is 6.63. The molecule has 1 saturated heterocycles. The van der Waals surface area contributed by atoms with E-state index in [1.807, 2.05) is 18.2 Å². The van der Waals surface area contributed by atoms with Crippen LogP contribution in [-0.4, -0.2) is 78.0 Å². The molecule has 0 saturated carbocycles. The Labute approximate surface area is 186 Å². The molecule has 2 heterocycles. The summed E-state index contributed by atoms with van der Waals surface area (Å²) < 4.78 is 0. The van der Waals surface area contributed by atoms with E-state index in [0.29, 0.717) is 19.4 Å². The fourth-order valence-corrected chi connectivity index (χ4v) is 4.65. The minimum absolute atomic E-state index is 0.128. The number of carbonyl (C=O) groups excluding carboxylic acids is 1. The highest BCUT2D eigenvalue weighted by atomic mass is 16.3. The number of fused-ring (bicyclic) bond motifs is 1. The SMILES string of the molecule is CN1CCN(Cc2cccc(C(=O)CCC(O)CN3CCc4ccccc4C3)c2)CC1. The first-order chi connectivity index (χ1) is 15.1. The summed E-state index contributed by atoms with van der Waals surface area (Å²) in [6.45, 7) is 7.72. The van der Waals surface area contributed by atoms with E-state index < -0.39 is 6.10 Å². The molecule has 31 heavy (non-hydrogen) atoms. The van der Waals surface area contributed by atoms with Crippen LogP contribution in [0.5, 0.6) is 0 Å². The Morgan fingerprint density at radius 3 is 2.55 bits per heavy atom. The van der Waals surface area contributed by atoms with Gasteiger partial charge in [-0.3, -0.25) is 14.6 Å². The Morgan fingerprint density at radius 1 is 0.968 bits per heavy atom. The van der Waals surface area contributed by atoms with Gasteiger partial charge in [-0.15, -0.1) is 0 Å². The molecular weight excluding hydrogens is 386 g/mol. The lowest BCUT2D eigenvalue weighted by molar-refractivity contribution is 0.0836. The number of hydrogen-bond acceptors (Lipinski definition) is 5. The van der Waals surface area contributed by atoms with Gasteiger partial charge in [0.1, 0.15) is 0 Å². The van der Waals surface area contributed by atoms with Crippen LogP contribution < -0.4 is 0 Å². The minimum atomic E-state index is -0.470. The fourth-order valence-electron chi connectivity index (χ4n) is 4.65. The molecular formula is C26H35N3O2. The molecule has 1 unspecified atom stereocenters. The Morgan fingerprint density at radius 2 is 1.74 bits per heavy atom. The molecule has 2 aliphatic rings. The van der Waals surface area contributed by atoms with Crippen molar-refractivity contribution in [2.24, 2.45) is 0 Å². The largest absolute Gasteiger partial charge is 0.392 e. The van der Waals surface area contributed by atoms with Gasteiger partial charge in [-0.2, -0.15) is 0 Å². The van der Waals surface area contributed by atoms with E-state index in [9.17, 15) is 9.90 Å². The quantitative estimate of drug-likeness (QED) is 0.664. The Balaban J connectivity index is 1.24. The summed E-state index contributed by atoms with van der Waals surface area (Å²) in [7, 11) is 2.16. The highest BCUT2D eigenvalue weighted by molar-refractivity contribution is 5.96. The maximum Gasteiger partial charge on any atom is 0.162 e. The second kappa shape index (κ2) is 10.5. The van der Waals surface area contributed by atoms with Gasteiger partial charge in [0, 0.05) is 64.3 Å². The zero-order valence-corrected chi connectivity index (χ0v) is 18.7. The van der Waals surface area contributed by atoms with Gasteiger partial charge in [0.2, 0.25) is 0 Å². The topological polar surface area (TPSA) is 47.0 Å². The molecule has 5 heteroatoms. The van der Waals surface area contributed by atoms with Crippen molar-refractivity contribution < 1.29 is 9.90 Å². The van der Waals surface area contributed by atoms with Crippen molar-refractivity contribution in [2.75, 3.05) is 46.3 Å². The number of Topliss-reactive ketones (excluding diaryl/α,β-unsaturated/α-hetero) is 1. The number of ketones is 1. The molecule has 2 aromatic rings. The van der Waals surface area contributed by atoms with Gasteiger partial charge < -0.3 is 10.0 Å². The van der Waals surface area contributed by atoms with E-state index in [0.717, 1.165) is 57.8 Å². The normalized spacial score (nSPS) is 19.2. The van der Waals surface area contributed by atoms with Crippen molar-refractivity contribution >= 4 is 5.78 Å². The lowest BCUT2D eigenvalue weighted by Crippen LogP contribution is -2.43. The third-order valence-corrected chi connectivity index (χ3v) is 6.63. The first-order valence-corrected chi connectivity index (χ1v) is 11.6. The molecule has 1 fully saturated rings. The summed E-state index contributed by atoms with van der Waals surface area (Å²) in [6, 6.07) is 16.6. The number of likely N-dealkylation sites (N-methyl/N-ethyl adjacent to an activating group) is 1. The predicted molar refractivity (Wildman–Crippen MR) is 124 cm³/mol. The fraction of sp³-hybridized carbons (Fsp3) is 0.500. The molecule has 0 aliphatic carbocycles. The molecule has 2 aromatic carbocycles. The lowest BCUT2D eigenvalue weighted by Gasteiger charge is -2.32. The lowest BCUT2D eigenvalue weighted by atomic mass is 9.99. The molecule has 2 aliphatic heterocycles. The van der Waals surface area contributed by atoms with Crippen LogP contribution in [0.2, 0.25) is 0 Å². The molecule has 5 nitrogen and oxygen atoms in total. The second-order valence-corrected chi connectivity index (χ2v) is 9.15. The number of rotatable bonds is 8. The van der Waals surface area contributed by atoms with Crippen LogP contribution >= 0.6 is 0 Å². The van der Waals surface area contributed by atoms with E-state index in [1.165, 1.54) is 16.7 Å². The summed E-state index contributed by atoms with van der Waals surface area (Å²) in [5, 5.41) is 10.5. The van der Waals surface area contributed by atoms with Crippen molar-refractivity contribution in [1.29, 1.82) is 0 Å². The van der Waals surface area contributed by atoms with Crippen LogP contribution in [-0.2, 0) is 19.5 Å². The van der Waals surface area contributed by atoms with Crippen LogP contribution in [0.1, 0.15) is 39.9 Å². The van der Waals surface area contributed by atoms with E-state index in [4.69, 9.17) is 0 Å². The van der Waals surface area contributed by atoms with Gasteiger partial charge in [0.25, 0.3) is 0 Å². The standard InChI is InChI=1S/C26H35N3O2/c1-27-13-15-28(16-14-27)18-21-5-4-8-23(17-21)26(31)10-9-25(30)20-29-12-11-22-6-2-3-7-24(22)19-29/h2-8,17,25,30H,9-16,18-20H2,1H3. The predicted octanol–water partition coefficient (Wildman–Crippen LogP) is 2.82. The molecule has 1 N–H and O–H groups in total. The third kappa shape index (κ3) is 6.23. The highest BCUT2D eigenvalue weighted by Gasteiger charge is 2.19. The van der Waals surface area contributed by atoms with Crippen LogP contribution in [0.3, 0.4) is 0 Å².